The van der Waals surface area contributed by atoms with E-state index < -0.39 is 0 Å². The minimum atomic E-state index is -0.221. The average Bonchev–Trinajstić information content (AvgIpc) is 2.81. The first-order chi connectivity index (χ1) is 9.67. The van der Waals surface area contributed by atoms with E-state index in [-0.39, 0.29) is 17.6 Å². The quantitative estimate of drug-likeness (QED) is 0.773. The second kappa shape index (κ2) is 6.92. The molecule has 0 atom stereocenters. The van der Waals surface area contributed by atoms with Crippen molar-refractivity contribution in [1.29, 1.82) is 0 Å². The molecule has 0 aromatic carbocycles. The largest absolute Gasteiger partial charge is 0.456 e. The van der Waals surface area contributed by atoms with Crippen LogP contribution in [0.25, 0.3) is 11.2 Å². The summed E-state index contributed by atoms with van der Waals surface area (Å²) in [6.07, 6.45) is 1.43. The fourth-order valence-electron chi connectivity index (χ4n) is 1.82. The molecule has 1 N–H and O–H groups in total. The van der Waals surface area contributed by atoms with Crippen LogP contribution in [0.1, 0.15) is 6.92 Å². The van der Waals surface area contributed by atoms with Crippen LogP contribution >= 0.6 is 15.9 Å². The average molecular weight is 346 g/mol. The molecule has 0 bridgehead atoms. The van der Waals surface area contributed by atoms with Crippen molar-refractivity contribution in [3.63, 3.8) is 0 Å². The zero-order valence-corrected chi connectivity index (χ0v) is 12.7. The van der Waals surface area contributed by atoms with E-state index in [0.717, 1.165) is 0 Å². The van der Waals surface area contributed by atoms with Crippen LogP contribution in [-0.2, 0) is 4.74 Å². The second-order valence-electron chi connectivity index (χ2n) is 4.11. The summed E-state index contributed by atoms with van der Waals surface area (Å²) in [6.45, 7) is 3.94. The molecule has 20 heavy (non-hydrogen) atoms. The zero-order chi connectivity index (χ0) is 14.5. The molecule has 2 heterocycles. The molecule has 2 aromatic rings. The van der Waals surface area contributed by atoms with Gasteiger partial charge in [0.1, 0.15) is 6.26 Å². The summed E-state index contributed by atoms with van der Waals surface area (Å²) < 4.78 is 16.7. The maximum absolute atomic E-state index is 11.9. The summed E-state index contributed by atoms with van der Waals surface area (Å²) in [7, 11) is 0. The van der Waals surface area contributed by atoms with Crippen LogP contribution in [-0.4, -0.2) is 38.0 Å². The Labute approximate surface area is 124 Å². The Bertz CT molecular complexity index is 621. The predicted molar refractivity (Wildman–Crippen MR) is 78.2 cm³/mol. The Balaban J connectivity index is 2.21. The Kier molecular flexibility index (Phi) is 5.22. The number of furan rings is 1. The number of aliphatic hydroxyl groups excluding tert-OH is 1. The Morgan fingerprint density at radius 2 is 2.20 bits per heavy atom. The van der Waals surface area contributed by atoms with E-state index in [1.807, 2.05) is 11.8 Å². The van der Waals surface area contributed by atoms with E-state index in [2.05, 4.69) is 15.9 Å². The molecule has 2 aromatic heterocycles. The van der Waals surface area contributed by atoms with E-state index in [9.17, 15) is 4.79 Å². The number of rotatable bonds is 7. The van der Waals surface area contributed by atoms with Crippen molar-refractivity contribution < 1.29 is 18.7 Å². The molecule has 0 fully saturated rings. The van der Waals surface area contributed by atoms with Crippen molar-refractivity contribution in [2.24, 2.45) is 0 Å². The number of halogens is 1. The first kappa shape index (κ1) is 15.1. The van der Waals surface area contributed by atoms with Gasteiger partial charge in [0.2, 0.25) is 11.0 Å². The van der Waals surface area contributed by atoms with Gasteiger partial charge in [0, 0.05) is 13.1 Å². The summed E-state index contributed by atoms with van der Waals surface area (Å²) >= 11 is 3.28. The predicted octanol–water partition coefficient (Wildman–Crippen LogP) is 1.98. The van der Waals surface area contributed by atoms with Crippen molar-refractivity contribution in [1.82, 2.24) is 0 Å². The van der Waals surface area contributed by atoms with Crippen molar-refractivity contribution in [3.05, 3.63) is 27.0 Å². The number of hydrogen-bond donors (Lipinski definition) is 1. The molecule has 0 amide bonds. The molecular weight excluding hydrogens is 330 g/mol. The molecule has 0 saturated heterocycles. The number of fused-ring (bicyclic) bond motifs is 1. The molecule has 110 valence electrons. The molecule has 0 aliphatic heterocycles. The molecule has 0 aliphatic carbocycles. The van der Waals surface area contributed by atoms with Crippen LogP contribution in [0.4, 0.5) is 5.88 Å². The highest BCUT2D eigenvalue weighted by Crippen LogP contribution is 2.27. The van der Waals surface area contributed by atoms with Crippen molar-refractivity contribution in [3.8, 4) is 0 Å². The lowest BCUT2D eigenvalue weighted by atomic mass is 10.4. The van der Waals surface area contributed by atoms with Gasteiger partial charge < -0.3 is 23.6 Å². The fraction of sp³-hybridized carbons (Fsp3) is 0.462. The number of ether oxygens (including phenoxy) is 1. The van der Waals surface area contributed by atoms with Gasteiger partial charge >= 0.3 is 0 Å². The summed E-state index contributed by atoms with van der Waals surface area (Å²) in [4.78, 5) is 13.8. The van der Waals surface area contributed by atoms with Gasteiger partial charge in [-0.15, -0.1) is 0 Å². The van der Waals surface area contributed by atoms with Crippen molar-refractivity contribution in [2.45, 2.75) is 6.92 Å². The minimum Gasteiger partial charge on any atom is -0.456 e. The third-order valence-electron chi connectivity index (χ3n) is 2.82. The molecular formula is C13H16BrNO5. The summed E-state index contributed by atoms with van der Waals surface area (Å²) in [6, 6.07) is 1.41. The Morgan fingerprint density at radius 1 is 1.40 bits per heavy atom. The van der Waals surface area contributed by atoms with Crippen LogP contribution in [0.3, 0.4) is 0 Å². The second-order valence-corrected chi connectivity index (χ2v) is 4.96. The SMILES string of the molecule is CCN(CCOCCO)c1cc(=O)c2occ(Br)c2o1. The van der Waals surface area contributed by atoms with E-state index in [1.54, 1.807) is 0 Å². The first-order valence-electron chi connectivity index (χ1n) is 6.31. The highest BCUT2D eigenvalue weighted by atomic mass is 79.9. The van der Waals surface area contributed by atoms with Gasteiger partial charge in [-0.25, -0.2) is 0 Å². The molecule has 0 radical (unpaired) electrons. The third kappa shape index (κ3) is 3.23. The number of nitrogens with zero attached hydrogens (tertiary/aromatic N) is 1. The van der Waals surface area contributed by atoms with Crippen LogP contribution in [0.2, 0.25) is 0 Å². The Hall–Kier alpha value is -1.31. The van der Waals surface area contributed by atoms with Gasteiger partial charge in [0.05, 0.1) is 30.4 Å². The number of likely N-dealkylation sites (N-methyl/N-ethyl adjacent to an activating group) is 1. The van der Waals surface area contributed by atoms with E-state index in [0.29, 0.717) is 42.2 Å². The van der Waals surface area contributed by atoms with Crippen molar-refractivity contribution >= 4 is 33.0 Å². The van der Waals surface area contributed by atoms with Gasteiger partial charge in [-0.1, -0.05) is 0 Å². The third-order valence-corrected chi connectivity index (χ3v) is 3.37. The van der Waals surface area contributed by atoms with Crippen LogP contribution < -0.4 is 10.3 Å². The zero-order valence-electron chi connectivity index (χ0n) is 11.1. The van der Waals surface area contributed by atoms with Gasteiger partial charge in [0.25, 0.3) is 0 Å². The number of anilines is 1. The lowest BCUT2D eigenvalue weighted by Gasteiger charge is -2.20. The van der Waals surface area contributed by atoms with Gasteiger partial charge in [-0.2, -0.15) is 0 Å². The molecule has 7 heteroatoms. The molecule has 6 nitrogen and oxygen atoms in total. The van der Waals surface area contributed by atoms with E-state index >= 15 is 0 Å². The molecule has 0 saturated carbocycles. The van der Waals surface area contributed by atoms with Gasteiger partial charge in [-0.3, -0.25) is 4.79 Å². The number of hydrogen-bond acceptors (Lipinski definition) is 6. The molecule has 2 rings (SSSR count). The molecule has 0 aliphatic rings. The normalized spacial score (nSPS) is 11.2. The smallest absolute Gasteiger partial charge is 0.230 e. The monoisotopic (exact) mass is 345 g/mol. The molecule has 0 unspecified atom stereocenters. The molecule has 0 spiro atoms. The lowest BCUT2D eigenvalue weighted by Crippen LogP contribution is -2.28. The van der Waals surface area contributed by atoms with E-state index in [4.69, 9.17) is 18.7 Å². The van der Waals surface area contributed by atoms with Crippen LogP contribution in [0, 0.1) is 0 Å². The number of aliphatic hydroxyl groups is 1. The standard InChI is InChI=1S/C13H16BrNO5/c1-2-15(3-5-18-6-4-16)11-7-10(17)13-12(20-11)9(14)8-19-13/h7-8,16H,2-6H2,1H3. The fourth-order valence-corrected chi connectivity index (χ4v) is 2.18. The topological polar surface area (TPSA) is 76.1 Å². The summed E-state index contributed by atoms with van der Waals surface area (Å²) in [5.74, 6) is 0.472. The highest BCUT2D eigenvalue weighted by Gasteiger charge is 2.15. The minimum absolute atomic E-state index is 0.00483. The van der Waals surface area contributed by atoms with Crippen LogP contribution in [0.15, 0.2) is 30.4 Å². The van der Waals surface area contributed by atoms with Gasteiger partial charge in [0.15, 0.2) is 11.5 Å². The summed E-state index contributed by atoms with van der Waals surface area (Å²) in [5, 5.41) is 8.65. The maximum atomic E-state index is 11.9. The van der Waals surface area contributed by atoms with Crippen LogP contribution in [0.5, 0.6) is 0 Å². The van der Waals surface area contributed by atoms with E-state index in [1.165, 1.54) is 12.3 Å². The van der Waals surface area contributed by atoms with Gasteiger partial charge in [-0.05, 0) is 22.9 Å². The lowest BCUT2D eigenvalue weighted by molar-refractivity contribution is 0.0964. The highest BCUT2D eigenvalue weighted by molar-refractivity contribution is 9.10. The first-order valence-corrected chi connectivity index (χ1v) is 7.11. The summed E-state index contributed by atoms with van der Waals surface area (Å²) in [5.41, 5.74) is 0.386. The van der Waals surface area contributed by atoms with Crippen molar-refractivity contribution in [2.75, 3.05) is 37.8 Å². The Morgan fingerprint density at radius 3 is 2.90 bits per heavy atom. The maximum Gasteiger partial charge on any atom is 0.230 e.